The van der Waals surface area contributed by atoms with Crippen LogP contribution in [0.1, 0.15) is 53.1 Å². The second kappa shape index (κ2) is 9.39. The first-order valence-electron chi connectivity index (χ1n) is 9.93. The number of ether oxygens (including phenoxy) is 2. The highest BCUT2D eigenvalue weighted by molar-refractivity contribution is 7.73. The highest BCUT2D eigenvalue weighted by atomic mass is 32.2. The van der Waals surface area contributed by atoms with Crippen molar-refractivity contribution in [3.63, 3.8) is 0 Å². The molecule has 9 nitrogen and oxygen atoms in total. The summed E-state index contributed by atoms with van der Waals surface area (Å²) in [6.45, 7) is 4.84. The number of fused-ring (bicyclic) bond motifs is 1. The minimum Gasteiger partial charge on any atom is -0.493 e. The summed E-state index contributed by atoms with van der Waals surface area (Å²) in [6.07, 6.45) is 0. The van der Waals surface area contributed by atoms with Gasteiger partial charge in [-0.2, -0.15) is 0 Å². The molecule has 2 atom stereocenters. The topological polar surface area (TPSA) is 119 Å². The maximum Gasteiger partial charge on any atom is 0.264 e. The fourth-order valence-corrected chi connectivity index (χ4v) is 4.29. The van der Waals surface area contributed by atoms with Gasteiger partial charge in [0.2, 0.25) is 5.91 Å². The first-order valence-corrected chi connectivity index (χ1v) is 11.2. The van der Waals surface area contributed by atoms with Crippen molar-refractivity contribution in [2.75, 3.05) is 19.0 Å². The van der Waals surface area contributed by atoms with E-state index in [0.29, 0.717) is 23.7 Å². The third-order valence-electron chi connectivity index (χ3n) is 5.15. The molecule has 1 aliphatic rings. The minimum atomic E-state index is -2.99. The van der Waals surface area contributed by atoms with Crippen LogP contribution in [0.4, 0.5) is 5.69 Å². The lowest BCUT2D eigenvalue weighted by atomic mass is 10.0. The molecule has 0 aliphatic carbocycles. The Morgan fingerprint density at radius 2 is 1.84 bits per heavy atom. The van der Waals surface area contributed by atoms with E-state index in [2.05, 4.69) is 5.32 Å². The van der Waals surface area contributed by atoms with Crippen LogP contribution in [0.3, 0.4) is 0 Å². The molecule has 1 heterocycles. The highest BCUT2D eigenvalue weighted by Gasteiger charge is 2.44. The normalized spacial score (nSPS) is 14.8. The predicted octanol–water partition coefficient (Wildman–Crippen LogP) is 2.39. The monoisotopic (exact) mass is 460 g/mol. The van der Waals surface area contributed by atoms with E-state index in [9.17, 15) is 22.8 Å². The third kappa shape index (κ3) is 4.18. The van der Waals surface area contributed by atoms with Gasteiger partial charge in [-0.3, -0.25) is 19.3 Å². The van der Waals surface area contributed by atoms with Gasteiger partial charge < -0.3 is 14.8 Å². The molecule has 1 aliphatic heterocycles. The number of benzene rings is 2. The van der Waals surface area contributed by atoms with Gasteiger partial charge in [0.05, 0.1) is 41.8 Å². The van der Waals surface area contributed by atoms with Crippen molar-refractivity contribution < 1.29 is 32.3 Å². The number of thiol groups is 1. The second-order valence-electron chi connectivity index (χ2n) is 7.20. The van der Waals surface area contributed by atoms with Gasteiger partial charge in [0, 0.05) is 6.92 Å². The summed E-state index contributed by atoms with van der Waals surface area (Å²) in [5, 5.41) is 1.47. The quantitative estimate of drug-likeness (QED) is 0.459. The van der Waals surface area contributed by atoms with Gasteiger partial charge in [-0.15, -0.1) is 0 Å². The van der Waals surface area contributed by atoms with E-state index in [1.807, 2.05) is 0 Å². The van der Waals surface area contributed by atoms with Gasteiger partial charge in [0.15, 0.2) is 11.5 Å². The van der Waals surface area contributed by atoms with Crippen LogP contribution in [0.2, 0.25) is 0 Å². The van der Waals surface area contributed by atoms with E-state index in [1.165, 1.54) is 33.1 Å². The SMILES string of the molecule is CCOc1cc([C@@H]([C@H](C)[SH](=O)=O)N2C(=O)c3cccc(NC(C)=O)c3C2=O)ccc1OC. The average Bonchev–Trinajstić information content (AvgIpc) is 3.00. The van der Waals surface area contributed by atoms with Gasteiger partial charge in [0.25, 0.3) is 11.8 Å². The standard InChI is InChI=1S/C22H24N2O7S/c1-5-31-18-11-14(9-10-17(18)30-4)20(12(2)32(28)29)24-21(26)15-7-6-8-16(23-13(3)25)19(15)22(24)27/h6-12,20,32H,5H2,1-4H3,(H,23,25)/t12-,20+/m0/s1. The van der Waals surface area contributed by atoms with Gasteiger partial charge in [-0.1, -0.05) is 12.1 Å². The van der Waals surface area contributed by atoms with Gasteiger partial charge in [-0.05, 0) is 43.7 Å². The Morgan fingerprint density at radius 3 is 2.44 bits per heavy atom. The summed E-state index contributed by atoms with van der Waals surface area (Å²) in [7, 11) is -1.52. The van der Waals surface area contributed by atoms with Crippen molar-refractivity contribution in [3.05, 3.63) is 53.1 Å². The summed E-state index contributed by atoms with van der Waals surface area (Å²) in [4.78, 5) is 39.1. The second-order valence-corrected chi connectivity index (χ2v) is 8.59. The van der Waals surface area contributed by atoms with Crippen LogP contribution in [0.25, 0.3) is 0 Å². The Balaban J connectivity index is 2.16. The lowest BCUT2D eigenvalue weighted by Crippen LogP contribution is -2.40. The zero-order valence-electron chi connectivity index (χ0n) is 18.1. The first kappa shape index (κ1) is 23.3. The Kier molecular flexibility index (Phi) is 6.83. The molecule has 10 heteroatoms. The average molecular weight is 461 g/mol. The van der Waals surface area contributed by atoms with Crippen molar-refractivity contribution in [1.29, 1.82) is 0 Å². The number of carbonyl (C=O) groups is 3. The summed E-state index contributed by atoms with van der Waals surface area (Å²) >= 11 is 0. The fraction of sp³-hybridized carbons (Fsp3) is 0.318. The Hall–Kier alpha value is -3.40. The smallest absolute Gasteiger partial charge is 0.264 e. The van der Waals surface area contributed by atoms with Crippen molar-refractivity contribution >= 4 is 34.1 Å². The van der Waals surface area contributed by atoms with Crippen LogP contribution in [-0.2, 0) is 15.5 Å². The summed E-state index contributed by atoms with van der Waals surface area (Å²) in [5.41, 5.74) is 0.720. The van der Waals surface area contributed by atoms with E-state index >= 15 is 0 Å². The van der Waals surface area contributed by atoms with Gasteiger partial charge >= 0.3 is 0 Å². The number of methoxy groups -OCH3 is 1. The molecule has 0 saturated heterocycles. The fourth-order valence-electron chi connectivity index (χ4n) is 3.75. The lowest BCUT2D eigenvalue weighted by Gasteiger charge is -2.29. The molecule has 0 fully saturated rings. The van der Waals surface area contributed by atoms with Crippen molar-refractivity contribution in [1.82, 2.24) is 4.90 Å². The molecule has 0 bridgehead atoms. The first-order chi connectivity index (χ1) is 15.2. The van der Waals surface area contributed by atoms with E-state index in [-0.39, 0.29) is 16.8 Å². The molecular weight excluding hydrogens is 436 g/mol. The molecule has 0 aromatic heterocycles. The zero-order chi connectivity index (χ0) is 23.6. The largest absolute Gasteiger partial charge is 0.493 e. The van der Waals surface area contributed by atoms with Crippen LogP contribution in [0, 0.1) is 0 Å². The molecule has 32 heavy (non-hydrogen) atoms. The Labute approximate surface area is 187 Å². The number of nitrogens with zero attached hydrogens (tertiary/aromatic N) is 1. The number of imide groups is 1. The summed E-state index contributed by atoms with van der Waals surface area (Å²) < 4.78 is 34.8. The van der Waals surface area contributed by atoms with Crippen LogP contribution in [0.15, 0.2) is 36.4 Å². The van der Waals surface area contributed by atoms with E-state index in [1.54, 1.807) is 31.2 Å². The molecule has 3 amide bonds. The van der Waals surface area contributed by atoms with Crippen LogP contribution in [-0.4, -0.2) is 50.0 Å². The molecule has 1 N–H and O–H groups in total. The minimum absolute atomic E-state index is 0.0320. The Morgan fingerprint density at radius 1 is 1.12 bits per heavy atom. The van der Waals surface area contributed by atoms with E-state index < -0.39 is 39.7 Å². The molecular formula is C22H24N2O7S. The van der Waals surface area contributed by atoms with E-state index in [4.69, 9.17) is 9.47 Å². The van der Waals surface area contributed by atoms with Crippen LogP contribution < -0.4 is 14.8 Å². The van der Waals surface area contributed by atoms with Gasteiger partial charge in [-0.25, -0.2) is 8.42 Å². The molecule has 170 valence electrons. The summed E-state index contributed by atoms with van der Waals surface area (Å²) in [5.74, 6) is -0.928. The molecule has 2 aromatic carbocycles. The number of hydrogen-bond donors (Lipinski definition) is 2. The lowest BCUT2D eigenvalue weighted by molar-refractivity contribution is -0.114. The molecule has 0 unspecified atom stereocenters. The molecule has 3 rings (SSSR count). The molecule has 2 aromatic rings. The number of carbonyl (C=O) groups excluding carboxylic acids is 3. The van der Waals surface area contributed by atoms with Crippen molar-refractivity contribution in [2.45, 2.75) is 32.1 Å². The molecule has 0 saturated carbocycles. The molecule has 0 radical (unpaired) electrons. The highest BCUT2D eigenvalue weighted by Crippen LogP contribution is 2.39. The zero-order valence-corrected chi connectivity index (χ0v) is 19.0. The van der Waals surface area contributed by atoms with Crippen molar-refractivity contribution in [3.8, 4) is 11.5 Å². The third-order valence-corrected chi connectivity index (χ3v) is 6.10. The maximum atomic E-state index is 13.4. The number of hydrogen-bond acceptors (Lipinski definition) is 7. The van der Waals surface area contributed by atoms with Crippen LogP contribution >= 0.6 is 0 Å². The van der Waals surface area contributed by atoms with Crippen molar-refractivity contribution in [2.24, 2.45) is 0 Å². The Bertz CT molecular complexity index is 1150. The number of amides is 3. The number of nitrogens with one attached hydrogen (secondary N) is 1. The van der Waals surface area contributed by atoms with Crippen LogP contribution in [0.5, 0.6) is 11.5 Å². The number of anilines is 1. The predicted molar refractivity (Wildman–Crippen MR) is 118 cm³/mol. The number of rotatable bonds is 8. The van der Waals surface area contributed by atoms with E-state index in [0.717, 1.165) is 4.90 Å². The van der Waals surface area contributed by atoms with Gasteiger partial charge in [0.1, 0.15) is 10.7 Å². The molecule has 0 spiro atoms. The summed E-state index contributed by atoms with van der Waals surface area (Å²) in [6, 6.07) is 8.19. The maximum absolute atomic E-state index is 13.4.